The first-order valence-corrected chi connectivity index (χ1v) is 8.00. The smallest absolute Gasteiger partial charge is 0.169 e. The van der Waals surface area contributed by atoms with Crippen LogP contribution in [0.2, 0.25) is 0 Å². The van der Waals surface area contributed by atoms with E-state index in [1.54, 1.807) is 11.3 Å². The molecule has 0 amide bonds. The van der Waals surface area contributed by atoms with Gasteiger partial charge in [0, 0.05) is 17.6 Å². The second-order valence-corrected chi connectivity index (χ2v) is 6.24. The Kier molecular flexibility index (Phi) is 4.05. The van der Waals surface area contributed by atoms with Crippen LogP contribution in [0.25, 0.3) is 0 Å². The molecule has 1 aliphatic rings. The molecule has 1 aliphatic heterocycles. The average molecular weight is 315 g/mol. The van der Waals surface area contributed by atoms with Crippen LogP contribution < -0.4 is 4.90 Å². The maximum Gasteiger partial charge on any atom is 0.169 e. The molecule has 22 heavy (non-hydrogen) atoms. The molecule has 0 spiro atoms. The molecular formula is C15H17N5OS. The largest absolute Gasteiger partial charge is 0.367 e. The lowest BCUT2D eigenvalue weighted by Gasteiger charge is -2.33. The fourth-order valence-corrected chi connectivity index (χ4v) is 3.30. The minimum Gasteiger partial charge on any atom is -0.367 e. The molecule has 114 valence electrons. The van der Waals surface area contributed by atoms with E-state index in [-0.39, 0.29) is 6.10 Å². The van der Waals surface area contributed by atoms with E-state index in [1.807, 2.05) is 26.2 Å². The number of ether oxygens (including phenoxy) is 1. The Hall–Kier alpha value is -2.04. The Labute approximate surface area is 133 Å². The van der Waals surface area contributed by atoms with Crippen LogP contribution in [0.1, 0.15) is 33.6 Å². The summed E-state index contributed by atoms with van der Waals surface area (Å²) >= 11 is 1.61. The number of thiazole rings is 1. The lowest BCUT2D eigenvalue weighted by atomic mass is 10.1. The van der Waals surface area contributed by atoms with Crippen LogP contribution in [-0.4, -0.2) is 34.9 Å². The highest BCUT2D eigenvalue weighted by Gasteiger charge is 2.27. The summed E-state index contributed by atoms with van der Waals surface area (Å²) in [6.45, 7) is 7.68. The standard InChI is InChI=1S/C15H17N5OS/c1-9-8-22-15(17-9)13-7-20(4-5-21-13)14-12(6-16)10(2)11(3)18-19-14/h8,13H,4-5,7H2,1-3H3. The number of hydrogen-bond acceptors (Lipinski definition) is 7. The van der Waals surface area contributed by atoms with Crippen LogP contribution in [0.3, 0.4) is 0 Å². The topological polar surface area (TPSA) is 74.9 Å². The van der Waals surface area contributed by atoms with E-state index in [1.165, 1.54) is 0 Å². The van der Waals surface area contributed by atoms with Crippen molar-refractivity contribution in [1.82, 2.24) is 15.2 Å². The van der Waals surface area contributed by atoms with Gasteiger partial charge in [-0.1, -0.05) is 0 Å². The number of morpholine rings is 1. The van der Waals surface area contributed by atoms with Crippen molar-refractivity contribution in [2.45, 2.75) is 26.9 Å². The van der Waals surface area contributed by atoms with Crippen molar-refractivity contribution in [3.8, 4) is 6.07 Å². The second-order valence-electron chi connectivity index (χ2n) is 5.35. The molecule has 2 aromatic rings. The highest BCUT2D eigenvalue weighted by molar-refractivity contribution is 7.09. The third kappa shape index (κ3) is 2.67. The van der Waals surface area contributed by atoms with Crippen molar-refractivity contribution in [2.24, 2.45) is 0 Å². The van der Waals surface area contributed by atoms with Crippen molar-refractivity contribution in [2.75, 3.05) is 24.6 Å². The normalized spacial score (nSPS) is 18.3. The third-order valence-corrected chi connectivity index (χ3v) is 4.88. The van der Waals surface area contributed by atoms with E-state index in [4.69, 9.17) is 4.74 Å². The average Bonchev–Trinajstić information content (AvgIpc) is 2.96. The lowest BCUT2D eigenvalue weighted by molar-refractivity contribution is 0.0392. The summed E-state index contributed by atoms with van der Waals surface area (Å²) in [6.07, 6.45) is -0.0811. The van der Waals surface area contributed by atoms with Gasteiger partial charge in [-0.25, -0.2) is 4.98 Å². The van der Waals surface area contributed by atoms with Crippen molar-refractivity contribution in [3.63, 3.8) is 0 Å². The molecule has 2 aromatic heterocycles. The predicted molar refractivity (Wildman–Crippen MR) is 84.0 cm³/mol. The molecule has 1 fully saturated rings. The number of hydrogen-bond donors (Lipinski definition) is 0. The number of nitriles is 1. The van der Waals surface area contributed by atoms with Crippen molar-refractivity contribution in [1.29, 1.82) is 5.26 Å². The molecule has 0 aromatic carbocycles. The Morgan fingerprint density at radius 2 is 2.18 bits per heavy atom. The van der Waals surface area contributed by atoms with Crippen LogP contribution in [0.15, 0.2) is 5.38 Å². The first-order chi connectivity index (χ1) is 10.6. The van der Waals surface area contributed by atoms with Gasteiger partial charge in [0.2, 0.25) is 0 Å². The molecule has 0 N–H and O–H groups in total. The molecule has 6 nitrogen and oxygen atoms in total. The third-order valence-electron chi connectivity index (χ3n) is 3.83. The van der Waals surface area contributed by atoms with E-state index in [0.717, 1.165) is 22.0 Å². The first kappa shape index (κ1) is 14.9. The van der Waals surface area contributed by atoms with E-state index >= 15 is 0 Å². The van der Waals surface area contributed by atoms with Gasteiger partial charge in [0.05, 0.1) is 18.8 Å². The van der Waals surface area contributed by atoms with Crippen molar-refractivity contribution in [3.05, 3.63) is 32.9 Å². The zero-order valence-electron chi connectivity index (χ0n) is 12.8. The Morgan fingerprint density at radius 3 is 2.86 bits per heavy atom. The van der Waals surface area contributed by atoms with Gasteiger partial charge >= 0.3 is 0 Å². The number of anilines is 1. The monoisotopic (exact) mass is 315 g/mol. The minimum atomic E-state index is -0.0811. The van der Waals surface area contributed by atoms with Crippen LogP contribution in [-0.2, 0) is 4.74 Å². The molecule has 7 heteroatoms. The molecular weight excluding hydrogens is 298 g/mol. The van der Waals surface area contributed by atoms with Gasteiger partial charge in [-0.2, -0.15) is 10.4 Å². The van der Waals surface area contributed by atoms with E-state index < -0.39 is 0 Å². The molecule has 0 radical (unpaired) electrons. The summed E-state index contributed by atoms with van der Waals surface area (Å²) in [5.41, 5.74) is 3.29. The summed E-state index contributed by atoms with van der Waals surface area (Å²) < 4.78 is 5.83. The highest BCUT2D eigenvalue weighted by atomic mass is 32.1. The Morgan fingerprint density at radius 1 is 1.36 bits per heavy atom. The molecule has 1 unspecified atom stereocenters. The quantitative estimate of drug-likeness (QED) is 0.846. The van der Waals surface area contributed by atoms with Crippen LogP contribution in [0, 0.1) is 32.1 Å². The second kappa shape index (κ2) is 5.99. The zero-order chi connectivity index (χ0) is 15.7. The van der Waals surface area contributed by atoms with E-state index in [0.29, 0.717) is 31.1 Å². The van der Waals surface area contributed by atoms with Gasteiger partial charge in [0.1, 0.15) is 22.7 Å². The maximum atomic E-state index is 9.45. The van der Waals surface area contributed by atoms with Crippen LogP contribution in [0.5, 0.6) is 0 Å². The summed E-state index contributed by atoms with van der Waals surface area (Å²) in [4.78, 5) is 6.57. The summed E-state index contributed by atoms with van der Waals surface area (Å²) in [7, 11) is 0. The maximum absolute atomic E-state index is 9.45. The molecule has 0 bridgehead atoms. The molecule has 3 heterocycles. The molecule has 3 rings (SSSR count). The van der Waals surface area contributed by atoms with Gasteiger partial charge < -0.3 is 9.64 Å². The zero-order valence-corrected chi connectivity index (χ0v) is 13.6. The number of rotatable bonds is 2. The van der Waals surface area contributed by atoms with Gasteiger partial charge in [0.15, 0.2) is 5.82 Å². The lowest BCUT2D eigenvalue weighted by Crippen LogP contribution is -2.39. The predicted octanol–water partition coefficient (Wildman–Crippen LogP) is 2.31. The fraction of sp³-hybridized carbons (Fsp3) is 0.467. The summed E-state index contributed by atoms with van der Waals surface area (Å²) in [5, 5.41) is 20.9. The Bertz CT molecular complexity index is 736. The fourth-order valence-electron chi connectivity index (χ4n) is 2.46. The van der Waals surface area contributed by atoms with Crippen molar-refractivity contribution < 1.29 is 4.74 Å². The van der Waals surface area contributed by atoms with E-state index in [2.05, 4.69) is 26.2 Å². The van der Waals surface area contributed by atoms with E-state index in [9.17, 15) is 5.26 Å². The molecule has 1 atom stereocenters. The molecule has 1 saturated heterocycles. The first-order valence-electron chi connectivity index (χ1n) is 7.12. The molecule has 0 aliphatic carbocycles. The SMILES string of the molecule is Cc1csc(C2CN(c3nnc(C)c(C)c3C#N)CCO2)n1. The summed E-state index contributed by atoms with van der Waals surface area (Å²) in [5.74, 6) is 0.646. The number of aryl methyl sites for hydroxylation is 2. The minimum absolute atomic E-state index is 0.0811. The number of nitrogens with zero attached hydrogens (tertiary/aromatic N) is 5. The number of aromatic nitrogens is 3. The van der Waals surface area contributed by atoms with Crippen molar-refractivity contribution >= 4 is 17.2 Å². The molecule has 0 saturated carbocycles. The summed E-state index contributed by atoms with van der Waals surface area (Å²) in [6, 6.07) is 2.26. The van der Waals surface area contributed by atoms with Gasteiger partial charge in [-0.3, -0.25) is 0 Å². The van der Waals surface area contributed by atoms with Gasteiger partial charge in [-0.05, 0) is 26.3 Å². The Balaban J connectivity index is 1.90. The van der Waals surface area contributed by atoms with Crippen LogP contribution >= 0.6 is 11.3 Å². The van der Waals surface area contributed by atoms with Gasteiger partial charge in [-0.15, -0.1) is 16.4 Å². The highest BCUT2D eigenvalue weighted by Crippen LogP contribution is 2.29. The van der Waals surface area contributed by atoms with Gasteiger partial charge in [0.25, 0.3) is 0 Å². The van der Waals surface area contributed by atoms with Crippen LogP contribution in [0.4, 0.5) is 5.82 Å².